The fraction of sp³-hybridized carbons (Fsp3) is 0.308. The van der Waals surface area contributed by atoms with Crippen LogP contribution in [0.3, 0.4) is 0 Å². The van der Waals surface area contributed by atoms with E-state index >= 15 is 0 Å². The van der Waals surface area contributed by atoms with Crippen molar-refractivity contribution in [2.45, 2.75) is 45.6 Å². The maximum absolute atomic E-state index is 12.7. The van der Waals surface area contributed by atoms with Gasteiger partial charge in [-0.1, -0.05) is 49.4 Å². The number of nitrogens with one attached hydrogen (secondary N) is 1. The van der Waals surface area contributed by atoms with Crippen LogP contribution in [0.4, 0.5) is 5.69 Å². The van der Waals surface area contributed by atoms with E-state index in [9.17, 15) is 4.79 Å². The van der Waals surface area contributed by atoms with Crippen LogP contribution in [0.25, 0.3) is 10.8 Å². The third-order valence-electron chi connectivity index (χ3n) is 6.14. The predicted molar refractivity (Wildman–Crippen MR) is 126 cm³/mol. The van der Waals surface area contributed by atoms with Crippen LogP contribution >= 0.6 is 0 Å². The predicted octanol–water partition coefficient (Wildman–Crippen LogP) is 5.72. The van der Waals surface area contributed by atoms with Gasteiger partial charge in [0.25, 0.3) is 5.91 Å². The van der Waals surface area contributed by atoms with E-state index in [-0.39, 0.29) is 11.4 Å². The zero-order chi connectivity index (χ0) is 21.3. The van der Waals surface area contributed by atoms with Crippen LogP contribution in [-0.2, 0) is 0 Å². The van der Waals surface area contributed by atoms with Crippen LogP contribution < -0.4 is 10.3 Å². The molecule has 3 aromatic carbocycles. The lowest BCUT2D eigenvalue weighted by Crippen LogP contribution is -2.48. The number of hydrazone groups is 1. The molecule has 0 aromatic heterocycles. The fourth-order valence-electron chi connectivity index (χ4n) is 4.84. The van der Waals surface area contributed by atoms with Crippen molar-refractivity contribution >= 4 is 28.6 Å². The Hall–Kier alpha value is -3.14. The number of carbonyl (C=O) groups is 1. The highest BCUT2D eigenvalue weighted by Gasteiger charge is 2.35. The van der Waals surface area contributed by atoms with E-state index in [1.54, 1.807) is 6.21 Å². The van der Waals surface area contributed by atoms with Gasteiger partial charge in [0, 0.05) is 23.3 Å². The summed E-state index contributed by atoms with van der Waals surface area (Å²) in [6, 6.07) is 20.1. The Kier molecular flexibility index (Phi) is 5.33. The summed E-state index contributed by atoms with van der Waals surface area (Å²) < 4.78 is 0. The number of hydrogen-bond acceptors (Lipinski definition) is 3. The highest BCUT2D eigenvalue weighted by Crippen LogP contribution is 2.43. The molecule has 0 saturated heterocycles. The van der Waals surface area contributed by atoms with Crippen LogP contribution in [-0.4, -0.2) is 24.2 Å². The second-order valence-electron chi connectivity index (χ2n) is 8.71. The van der Waals surface area contributed by atoms with Crippen LogP contribution in [0.2, 0.25) is 0 Å². The molecular formula is C26H29N3O. The third-order valence-corrected chi connectivity index (χ3v) is 6.14. The highest BCUT2D eigenvalue weighted by molar-refractivity contribution is 6.07. The molecule has 0 saturated carbocycles. The van der Waals surface area contributed by atoms with Crippen LogP contribution in [0.15, 0.2) is 65.8 Å². The molecule has 3 aromatic rings. The van der Waals surface area contributed by atoms with E-state index in [1.165, 1.54) is 11.3 Å². The summed E-state index contributed by atoms with van der Waals surface area (Å²) in [6.45, 7) is 10.1. The quantitative estimate of drug-likeness (QED) is 0.451. The standard InChI is InChI=1S/C26H29N3O/c1-5-29-24-14-13-19(15-23(24)18(2)16-26(29,3)4)17-27-28-25(30)22-12-8-10-20-9-6-7-11-21(20)22/h6-15,17-18H,5,16H2,1-4H3,(H,28,30)/b27-17-/t18-/m1/s1. The molecule has 1 aliphatic heterocycles. The molecule has 0 radical (unpaired) electrons. The second kappa shape index (κ2) is 7.94. The molecule has 0 aliphatic carbocycles. The minimum Gasteiger partial charge on any atom is -0.366 e. The fourth-order valence-corrected chi connectivity index (χ4v) is 4.84. The van der Waals surface area contributed by atoms with Crippen molar-refractivity contribution in [1.82, 2.24) is 5.43 Å². The molecule has 154 valence electrons. The van der Waals surface area contributed by atoms with Gasteiger partial charge in [-0.25, -0.2) is 5.43 Å². The lowest BCUT2D eigenvalue weighted by molar-refractivity contribution is 0.0957. The van der Waals surface area contributed by atoms with Gasteiger partial charge in [0.15, 0.2) is 0 Å². The summed E-state index contributed by atoms with van der Waals surface area (Å²) >= 11 is 0. The molecule has 4 nitrogen and oxygen atoms in total. The van der Waals surface area contributed by atoms with Gasteiger partial charge >= 0.3 is 0 Å². The molecule has 30 heavy (non-hydrogen) atoms. The van der Waals surface area contributed by atoms with Gasteiger partial charge in [0.05, 0.1) is 6.21 Å². The molecule has 4 rings (SSSR count). The monoisotopic (exact) mass is 399 g/mol. The molecule has 1 aliphatic rings. The molecule has 1 amide bonds. The van der Waals surface area contributed by atoms with Crippen LogP contribution in [0.1, 0.15) is 61.5 Å². The summed E-state index contributed by atoms with van der Waals surface area (Å²) in [6.07, 6.45) is 2.85. The van der Waals surface area contributed by atoms with Crippen molar-refractivity contribution in [3.8, 4) is 0 Å². The van der Waals surface area contributed by atoms with Gasteiger partial charge in [0.1, 0.15) is 0 Å². The molecule has 0 bridgehead atoms. The largest absolute Gasteiger partial charge is 0.366 e. The average molecular weight is 400 g/mol. The van der Waals surface area contributed by atoms with Gasteiger partial charge in [-0.05, 0) is 73.2 Å². The van der Waals surface area contributed by atoms with Gasteiger partial charge in [0.2, 0.25) is 0 Å². The minimum absolute atomic E-state index is 0.156. The number of anilines is 1. The topological polar surface area (TPSA) is 44.7 Å². The van der Waals surface area contributed by atoms with Crippen molar-refractivity contribution in [3.05, 3.63) is 77.4 Å². The number of nitrogens with zero attached hydrogens (tertiary/aromatic N) is 2. The van der Waals surface area contributed by atoms with Crippen molar-refractivity contribution < 1.29 is 4.79 Å². The zero-order valence-electron chi connectivity index (χ0n) is 18.1. The van der Waals surface area contributed by atoms with E-state index in [1.807, 2.05) is 42.5 Å². The minimum atomic E-state index is -0.201. The lowest BCUT2D eigenvalue weighted by atomic mass is 9.79. The third kappa shape index (κ3) is 3.70. The van der Waals surface area contributed by atoms with Gasteiger partial charge in [-0.2, -0.15) is 5.10 Å². The van der Waals surface area contributed by atoms with Gasteiger partial charge in [-0.15, -0.1) is 0 Å². The summed E-state index contributed by atoms with van der Waals surface area (Å²) in [5.74, 6) is 0.282. The number of benzene rings is 3. The van der Waals surface area contributed by atoms with Crippen molar-refractivity contribution in [1.29, 1.82) is 0 Å². The Bertz CT molecular complexity index is 1110. The molecule has 1 heterocycles. The van der Waals surface area contributed by atoms with Crippen molar-refractivity contribution in [3.63, 3.8) is 0 Å². The van der Waals surface area contributed by atoms with E-state index in [0.29, 0.717) is 11.5 Å². The smallest absolute Gasteiger partial charge is 0.271 e. The van der Waals surface area contributed by atoms with E-state index in [4.69, 9.17) is 0 Å². The molecule has 1 N–H and O–H groups in total. The SMILES string of the molecule is CCN1c2ccc(/C=N\NC(=O)c3cccc4ccccc34)cc2[C@H](C)CC1(C)C. The first-order valence-corrected chi connectivity index (χ1v) is 10.6. The van der Waals surface area contributed by atoms with Gasteiger partial charge < -0.3 is 4.90 Å². The van der Waals surface area contributed by atoms with Crippen molar-refractivity contribution in [2.75, 3.05) is 11.4 Å². The average Bonchev–Trinajstić information content (AvgIpc) is 2.73. The second-order valence-corrected chi connectivity index (χ2v) is 8.71. The molecular weight excluding hydrogens is 370 g/mol. The number of rotatable bonds is 4. The molecule has 1 atom stereocenters. The first-order chi connectivity index (χ1) is 14.4. The normalized spacial score (nSPS) is 17.9. The Labute approximate surface area is 178 Å². The molecule has 0 spiro atoms. The van der Waals surface area contributed by atoms with E-state index in [0.717, 1.165) is 29.3 Å². The van der Waals surface area contributed by atoms with Gasteiger partial charge in [-0.3, -0.25) is 4.79 Å². The zero-order valence-corrected chi connectivity index (χ0v) is 18.1. The van der Waals surface area contributed by atoms with E-state index < -0.39 is 0 Å². The number of amides is 1. The maximum Gasteiger partial charge on any atom is 0.271 e. The Morgan fingerprint density at radius 3 is 2.73 bits per heavy atom. The Morgan fingerprint density at radius 2 is 1.93 bits per heavy atom. The molecule has 4 heteroatoms. The highest BCUT2D eigenvalue weighted by atomic mass is 16.2. The maximum atomic E-state index is 12.7. The number of carbonyl (C=O) groups excluding carboxylic acids is 1. The Balaban J connectivity index is 1.54. The first-order valence-electron chi connectivity index (χ1n) is 10.6. The van der Waals surface area contributed by atoms with Crippen molar-refractivity contribution in [2.24, 2.45) is 5.10 Å². The van der Waals surface area contributed by atoms with E-state index in [2.05, 4.69) is 61.3 Å². The Morgan fingerprint density at radius 1 is 1.17 bits per heavy atom. The summed E-state index contributed by atoms with van der Waals surface area (Å²) in [7, 11) is 0. The number of hydrogen-bond donors (Lipinski definition) is 1. The first kappa shape index (κ1) is 20.1. The summed E-state index contributed by atoms with van der Waals surface area (Å²) in [5, 5.41) is 6.20. The molecule has 0 fully saturated rings. The summed E-state index contributed by atoms with van der Waals surface area (Å²) in [5.41, 5.74) is 7.12. The number of fused-ring (bicyclic) bond motifs is 2. The van der Waals surface area contributed by atoms with Crippen LogP contribution in [0, 0.1) is 0 Å². The summed E-state index contributed by atoms with van der Waals surface area (Å²) in [4.78, 5) is 15.1. The molecule has 0 unspecified atom stereocenters. The lowest BCUT2D eigenvalue weighted by Gasteiger charge is -2.47. The van der Waals surface area contributed by atoms with Crippen LogP contribution in [0.5, 0.6) is 0 Å².